The Morgan fingerprint density at radius 2 is 2.37 bits per heavy atom. The molecule has 0 saturated carbocycles. The molecule has 0 bridgehead atoms. The van der Waals surface area contributed by atoms with E-state index in [1.54, 1.807) is 7.05 Å². The predicted octanol–water partition coefficient (Wildman–Crippen LogP) is 1.29. The third kappa shape index (κ3) is 1.91. The van der Waals surface area contributed by atoms with Crippen LogP contribution in [0.5, 0.6) is 0 Å². The molecule has 0 spiro atoms. The second-order valence-corrected chi connectivity index (χ2v) is 5.31. The molecule has 3 rings (SSSR count). The lowest BCUT2D eigenvalue weighted by molar-refractivity contribution is 0.0962. The number of carbonyl (C=O) groups excluding carboxylic acids is 1. The van der Waals surface area contributed by atoms with Crippen molar-refractivity contribution in [2.75, 3.05) is 25.0 Å². The molecule has 19 heavy (non-hydrogen) atoms. The van der Waals surface area contributed by atoms with Crippen LogP contribution in [0, 0.1) is 0 Å². The van der Waals surface area contributed by atoms with Crippen molar-refractivity contribution < 1.29 is 4.79 Å². The summed E-state index contributed by atoms with van der Waals surface area (Å²) in [5.41, 5.74) is 4.73. The number of amides is 1. The molecule has 2 aliphatic rings. The number of hydrogen-bond acceptors (Lipinski definition) is 3. The van der Waals surface area contributed by atoms with Crippen molar-refractivity contribution in [3.05, 3.63) is 28.8 Å². The molecule has 0 fully saturated rings. The molecule has 4 nitrogen and oxygen atoms in total. The number of hydrogen-bond donors (Lipinski definition) is 2. The van der Waals surface area contributed by atoms with Crippen LogP contribution in [-0.4, -0.2) is 32.1 Å². The molecule has 4 heteroatoms. The van der Waals surface area contributed by atoms with Crippen LogP contribution >= 0.6 is 0 Å². The van der Waals surface area contributed by atoms with Crippen LogP contribution in [0.15, 0.2) is 12.1 Å². The summed E-state index contributed by atoms with van der Waals surface area (Å²) in [4.78, 5) is 14.5. The van der Waals surface area contributed by atoms with Crippen molar-refractivity contribution >= 4 is 11.6 Å². The van der Waals surface area contributed by atoms with Crippen LogP contribution in [0.4, 0.5) is 5.69 Å². The van der Waals surface area contributed by atoms with E-state index in [0.717, 1.165) is 38.0 Å². The van der Waals surface area contributed by atoms with E-state index in [4.69, 9.17) is 0 Å². The lowest BCUT2D eigenvalue weighted by Gasteiger charge is -2.28. The minimum atomic E-state index is 0.0323. The Bertz CT molecular complexity index is 512. The molecule has 2 N–H and O–H groups in total. The van der Waals surface area contributed by atoms with E-state index in [0.29, 0.717) is 6.04 Å². The van der Waals surface area contributed by atoms with E-state index >= 15 is 0 Å². The molecule has 0 aromatic heterocycles. The van der Waals surface area contributed by atoms with Crippen LogP contribution in [0.3, 0.4) is 0 Å². The van der Waals surface area contributed by atoms with Gasteiger partial charge in [0, 0.05) is 44.0 Å². The van der Waals surface area contributed by atoms with Gasteiger partial charge >= 0.3 is 0 Å². The van der Waals surface area contributed by atoms with Crippen molar-refractivity contribution in [3.63, 3.8) is 0 Å². The van der Waals surface area contributed by atoms with Gasteiger partial charge in [-0.25, -0.2) is 0 Å². The third-order valence-electron chi connectivity index (χ3n) is 4.34. The lowest BCUT2D eigenvalue weighted by atomic mass is 10.00. The van der Waals surface area contributed by atoms with Gasteiger partial charge in [0.1, 0.15) is 0 Å². The number of nitrogens with zero attached hydrogens (tertiary/aromatic N) is 1. The standard InChI is InChI=1S/C15H21N3O/c1-3-11-9-17-8-10-4-5-13(15(19)16-2)12-6-7-18(11)14(10)12/h4-5,11,17H,3,6-9H2,1-2H3,(H,16,19). The Morgan fingerprint density at radius 3 is 3.11 bits per heavy atom. The number of rotatable bonds is 2. The van der Waals surface area contributed by atoms with E-state index < -0.39 is 0 Å². The molecule has 1 unspecified atom stereocenters. The quantitative estimate of drug-likeness (QED) is 0.841. The summed E-state index contributed by atoms with van der Waals surface area (Å²) in [6.45, 7) is 5.21. The summed E-state index contributed by atoms with van der Waals surface area (Å²) in [6.07, 6.45) is 2.12. The minimum Gasteiger partial charge on any atom is -0.366 e. The van der Waals surface area contributed by atoms with Gasteiger partial charge in [0.15, 0.2) is 0 Å². The molecule has 1 atom stereocenters. The number of benzene rings is 1. The molecule has 0 saturated heterocycles. The topological polar surface area (TPSA) is 44.4 Å². The van der Waals surface area contributed by atoms with Crippen LogP contribution in [0.2, 0.25) is 0 Å². The SMILES string of the molecule is CCC1CNCc2ccc(C(=O)NC)c3c2N1CC3. The first-order valence-electron chi connectivity index (χ1n) is 7.10. The molecule has 102 valence electrons. The molecule has 2 aliphatic heterocycles. The van der Waals surface area contributed by atoms with Gasteiger partial charge in [0.2, 0.25) is 0 Å². The van der Waals surface area contributed by atoms with Gasteiger partial charge in [-0.2, -0.15) is 0 Å². The Balaban J connectivity index is 2.11. The van der Waals surface area contributed by atoms with Crippen LogP contribution in [0.25, 0.3) is 0 Å². The number of carbonyl (C=O) groups is 1. The Kier molecular flexibility index (Phi) is 3.19. The van der Waals surface area contributed by atoms with Gasteiger partial charge in [0.25, 0.3) is 5.91 Å². The monoisotopic (exact) mass is 259 g/mol. The molecule has 1 aromatic rings. The van der Waals surface area contributed by atoms with Gasteiger partial charge in [0.05, 0.1) is 0 Å². The highest BCUT2D eigenvalue weighted by molar-refractivity contribution is 5.98. The van der Waals surface area contributed by atoms with E-state index in [9.17, 15) is 4.79 Å². The fraction of sp³-hybridized carbons (Fsp3) is 0.533. The van der Waals surface area contributed by atoms with Gasteiger partial charge in [-0.05, 0) is 30.0 Å². The molecular weight excluding hydrogens is 238 g/mol. The van der Waals surface area contributed by atoms with Gasteiger partial charge < -0.3 is 15.5 Å². The zero-order chi connectivity index (χ0) is 13.4. The highest BCUT2D eigenvalue weighted by Crippen LogP contribution is 2.37. The highest BCUT2D eigenvalue weighted by atomic mass is 16.1. The maximum absolute atomic E-state index is 12.0. The van der Waals surface area contributed by atoms with Crippen molar-refractivity contribution in [3.8, 4) is 0 Å². The number of anilines is 1. The Morgan fingerprint density at radius 1 is 1.53 bits per heavy atom. The lowest BCUT2D eigenvalue weighted by Crippen LogP contribution is -2.38. The van der Waals surface area contributed by atoms with Crippen LogP contribution < -0.4 is 15.5 Å². The number of nitrogens with one attached hydrogen (secondary N) is 2. The predicted molar refractivity (Wildman–Crippen MR) is 76.7 cm³/mol. The minimum absolute atomic E-state index is 0.0323. The van der Waals surface area contributed by atoms with Gasteiger partial charge in [-0.3, -0.25) is 4.79 Å². The van der Waals surface area contributed by atoms with Crippen molar-refractivity contribution in [1.29, 1.82) is 0 Å². The molecule has 1 amide bonds. The summed E-state index contributed by atoms with van der Waals surface area (Å²) >= 11 is 0. The molecular formula is C15H21N3O. The van der Waals surface area contributed by atoms with E-state index in [-0.39, 0.29) is 5.91 Å². The molecule has 1 aromatic carbocycles. The van der Waals surface area contributed by atoms with Crippen LogP contribution in [-0.2, 0) is 13.0 Å². The van der Waals surface area contributed by atoms with E-state index in [1.165, 1.54) is 16.8 Å². The normalized spacial score (nSPS) is 20.9. The first kappa shape index (κ1) is 12.5. The smallest absolute Gasteiger partial charge is 0.251 e. The molecule has 2 heterocycles. The van der Waals surface area contributed by atoms with Crippen molar-refractivity contribution in [2.24, 2.45) is 0 Å². The molecule has 0 radical (unpaired) electrons. The zero-order valence-electron chi connectivity index (χ0n) is 11.6. The van der Waals surface area contributed by atoms with Gasteiger partial charge in [-0.15, -0.1) is 0 Å². The maximum atomic E-state index is 12.0. The maximum Gasteiger partial charge on any atom is 0.251 e. The van der Waals surface area contributed by atoms with E-state index in [1.807, 2.05) is 6.07 Å². The summed E-state index contributed by atoms with van der Waals surface area (Å²) in [5.74, 6) is 0.0323. The largest absolute Gasteiger partial charge is 0.366 e. The Labute approximate surface area is 114 Å². The summed E-state index contributed by atoms with van der Waals surface area (Å²) in [7, 11) is 1.70. The third-order valence-corrected chi connectivity index (χ3v) is 4.34. The Hall–Kier alpha value is -1.55. The summed E-state index contributed by atoms with van der Waals surface area (Å²) < 4.78 is 0. The fourth-order valence-electron chi connectivity index (χ4n) is 3.34. The van der Waals surface area contributed by atoms with Crippen molar-refractivity contribution in [2.45, 2.75) is 32.4 Å². The summed E-state index contributed by atoms with van der Waals surface area (Å²) in [6, 6.07) is 4.62. The fourth-order valence-corrected chi connectivity index (χ4v) is 3.34. The highest BCUT2D eigenvalue weighted by Gasteiger charge is 2.32. The average molecular weight is 259 g/mol. The zero-order valence-corrected chi connectivity index (χ0v) is 11.6. The molecule has 0 aliphatic carbocycles. The van der Waals surface area contributed by atoms with E-state index in [2.05, 4.69) is 28.5 Å². The summed E-state index contributed by atoms with van der Waals surface area (Å²) in [5, 5.41) is 6.27. The average Bonchev–Trinajstić information content (AvgIpc) is 2.79. The van der Waals surface area contributed by atoms with Gasteiger partial charge in [-0.1, -0.05) is 13.0 Å². The van der Waals surface area contributed by atoms with Crippen LogP contribution in [0.1, 0.15) is 34.8 Å². The van der Waals surface area contributed by atoms with Crippen molar-refractivity contribution in [1.82, 2.24) is 10.6 Å². The first-order valence-corrected chi connectivity index (χ1v) is 7.10. The second-order valence-electron chi connectivity index (χ2n) is 5.31. The first-order chi connectivity index (χ1) is 9.26. The second kappa shape index (κ2) is 4.85.